The average Bonchev–Trinajstić information content (AvgIpc) is 3.52. The number of carbonyl (C=O) groups excluding carboxylic acids is 2. The van der Waals surface area contributed by atoms with Gasteiger partial charge in [0.25, 0.3) is 5.91 Å². The first-order valence-electron chi connectivity index (χ1n) is 9.95. The van der Waals surface area contributed by atoms with E-state index in [2.05, 4.69) is 21.7 Å². The molecular formula is C22H24N4O2. The van der Waals surface area contributed by atoms with Crippen LogP contribution >= 0.6 is 0 Å². The van der Waals surface area contributed by atoms with Gasteiger partial charge in [0.05, 0.1) is 22.9 Å². The van der Waals surface area contributed by atoms with Gasteiger partial charge in [-0.25, -0.2) is 0 Å². The molecule has 0 radical (unpaired) electrons. The first-order chi connectivity index (χ1) is 13.6. The van der Waals surface area contributed by atoms with E-state index in [1.54, 1.807) is 12.3 Å². The van der Waals surface area contributed by atoms with Crippen molar-refractivity contribution < 1.29 is 9.59 Å². The molecule has 1 heterocycles. The van der Waals surface area contributed by atoms with Crippen molar-refractivity contribution in [2.45, 2.75) is 44.6 Å². The number of nitrogens with zero attached hydrogens (tertiary/aromatic N) is 2. The van der Waals surface area contributed by atoms with Gasteiger partial charge in [-0.3, -0.25) is 14.6 Å². The number of benzene rings is 1. The highest BCUT2D eigenvalue weighted by Crippen LogP contribution is 2.44. The zero-order valence-electron chi connectivity index (χ0n) is 15.8. The third-order valence-corrected chi connectivity index (χ3v) is 5.98. The van der Waals surface area contributed by atoms with Gasteiger partial charge < -0.3 is 10.6 Å². The number of nitriles is 1. The maximum atomic E-state index is 12.8. The van der Waals surface area contributed by atoms with E-state index in [1.807, 2.05) is 24.3 Å². The summed E-state index contributed by atoms with van der Waals surface area (Å²) in [6, 6.07) is 11.3. The van der Waals surface area contributed by atoms with Gasteiger partial charge >= 0.3 is 0 Å². The highest BCUT2D eigenvalue weighted by atomic mass is 16.2. The Bertz CT molecular complexity index is 945. The topological polar surface area (TPSA) is 94.9 Å². The fourth-order valence-electron chi connectivity index (χ4n) is 3.95. The molecule has 2 aromatic rings. The zero-order chi connectivity index (χ0) is 19.6. The summed E-state index contributed by atoms with van der Waals surface area (Å²) >= 11 is 0. The number of amides is 2. The SMILES string of the molecule is N#CC1(CNC(=O)[C@@H]2CCCC[C@@H]2NC(=O)c2ccc3ncccc3c2)CC1. The molecule has 2 N–H and O–H groups in total. The molecule has 28 heavy (non-hydrogen) atoms. The number of aromatic nitrogens is 1. The van der Waals surface area contributed by atoms with E-state index in [0.717, 1.165) is 49.4 Å². The molecular weight excluding hydrogens is 352 g/mol. The highest BCUT2D eigenvalue weighted by Gasteiger charge is 2.44. The summed E-state index contributed by atoms with van der Waals surface area (Å²) in [5, 5.41) is 16.1. The normalized spacial score (nSPS) is 22.8. The minimum absolute atomic E-state index is 0.0470. The number of hydrogen-bond donors (Lipinski definition) is 2. The third-order valence-electron chi connectivity index (χ3n) is 5.98. The Hall–Kier alpha value is -2.94. The minimum Gasteiger partial charge on any atom is -0.354 e. The largest absolute Gasteiger partial charge is 0.354 e. The maximum absolute atomic E-state index is 12.8. The summed E-state index contributed by atoms with van der Waals surface area (Å²) in [5.41, 5.74) is 1.06. The van der Waals surface area contributed by atoms with Crippen LogP contribution in [0.2, 0.25) is 0 Å². The van der Waals surface area contributed by atoms with Gasteiger partial charge in [0.2, 0.25) is 5.91 Å². The third kappa shape index (κ3) is 3.84. The maximum Gasteiger partial charge on any atom is 0.251 e. The molecule has 2 aliphatic carbocycles. The van der Waals surface area contributed by atoms with Gasteiger partial charge in [-0.2, -0.15) is 5.26 Å². The number of fused-ring (bicyclic) bond motifs is 1. The van der Waals surface area contributed by atoms with Crippen molar-refractivity contribution in [3.8, 4) is 6.07 Å². The van der Waals surface area contributed by atoms with Crippen LogP contribution in [0.1, 0.15) is 48.9 Å². The van der Waals surface area contributed by atoms with Crippen molar-refractivity contribution in [1.29, 1.82) is 5.26 Å². The standard InChI is InChI=1S/C22H24N4O2/c23-13-22(9-10-22)14-25-21(28)17-5-1-2-6-19(17)26-20(27)16-7-8-18-15(12-16)4-3-11-24-18/h3-4,7-8,11-12,17,19H,1-2,5-6,9-10,14H2,(H,25,28)(H,26,27)/t17-,19+/m1/s1. The molecule has 0 saturated heterocycles. The van der Waals surface area contributed by atoms with Gasteiger partial charge in [0.15, 0.2) is 0 Å². The molecule has 0 unspecified atom stereocenters. The fourth-order valence-corrected chi connectivity index (χ4v) is 3.95. The lowest BCUT2D eigenvalue weighted by atomic mass is 9.83. The van der Waals surface area contributed by atoms with Crippen LogP contribution in [-0.2, 0) is 4.79 Å². The molecule has 1 aromatic heterocycles. The number of hydrogen-bond acceptors (Lipinski definition) is 4. The van der Waals surface area contributed by atoms with Gasteiger partial charge in [-0.05, 0) is 49.9 Å². The Kier molecular flexibility index (Phi) is 4.99. The van der Waals surface area contributed by atoms with Crippen molar-refractivity contribution in [3.05, 3.63) is 42.1 Å². The number of nitrogens with one attached hydrogen (secondary N) is 2. The van der Waals surface area contributed by atoms with Crippen molar-refractivity contribution >= 4 is 22.7 Å². The molecule has 0 aliphatic heterocycles. The van der Waals surface area contributed by atoms with Crippen LogP contribution in [-0.4, -0.2) is 29.4 Å². The van der Waals surface area contributed by atoms with Crippen LogP contribution in [0.5, 0.6) is 0 Å². The Morgan fingerprint density at radius 2 is 2.04 bits per heavy atom. The van der Waals surface area contributed by atoms with Gasteiger partial charge in [-0.15, -0.1) is 0 Å². The van der Waals surface area contributed by atoms with E-state index in [-0.39, 0.29) is 29.2 Å². The molecule has 144 valence electrons. The Morgan fingerprint density at radius 3 is 2.82 bits per heavy atom. The summed E-state index contributed by atoms with van der Waals surface area (Å²) in [7, 11) is 0. The smallest absolute Gasteiger partial charge is 0.251 e. The second kappa shape index (κ2) is 7.59. The van der Waals surface area contributed by atoms with Crippen LogP contribution in [0.15, 0.2) is 36.5 Å². The molecule has 0 spiro atoms. The van der Waals surface area contributed by atoms with Crippen LogP contribution in [0.3, 0.4) is 0 Å². The summed E-state index contributed by atoms with van der Waals surface area (Å²) in [6.45, 7) is 0.414. The lowest BCUT2D eigenvalue weighted by molar-refractivity contribution is -0.126. The predicted octanol–water partition coefficient (Wildman–Crippen LogP) is 2.94. The van der Waals surface area contributed by atoms with Gasteiger partial charge in [0, 0.05) is 29.7 Å². The van der Waals surface area contributed by atoms with Gasteiger partial charge in [-0.1, -0.05) is 18.9 Å². The van der Waals surface area contributed by atoms with E-state index in [9.17, 15) is 14.9 Å². The highest BCUT2D eigenvalue weighted by molar-refractivity contribution is 5.98. The van der Waals surface area contributed by atoms with Crippen LogP contribution in [0.25, 0.3) is 10.9 Å². The van der Waals surface area contributed by atoms with Crippen molar-refractivity contribution in [2.24, 2.45) is 11.3 Å². The van der Waals surface area contributed by atoms with Crippen molar-refractivity contribution in [2.75, 3.05) is 6.54 Å². The van der Waals surface area contributed by atoms with Crippen LogP contribution in [0.4, 0.5) is 0 Å². The second-order valence-corrected chi connectivity index (χ2v) is 7.99. The first-order valence-corrected chi connectivity index (χ1v) is 9.95. The number of carbonyl (C=O) groups is 2. The van der Waals surface area contributed by atoms with Gasteiger partial charge in [0.1, 0.15) is 0 Å². The molecule has 2 aliphatic rings. The summed E-state index contributed by atoms with van der Waals surface area (Å²) in [4.78, 5) is 29.8. The monoisotopic (exact) mass is 376 g/mol. The van der Waals surface area contributed by atoms with Crippen LogP contribution in [0, 0.1) is 22.7 Å². The van der Waals surface area contributed by atoms with E-state index >= 15 is 0 Å². The average molecular weight is 376 g/mol. The molecule has 6 nitrogen and oxygen atoms in total. The van der Waals surface area contributed by atoms with Crippen molar-refractivity contribution in [1.82, 2.24) is 15.6 Å². The second-order valence-electron chi connectivity index (χ2n) is 7.99. The van der Waals surface area contributed by atoms with E-state index in [4.69, 9.17) is 0 Å². The molecule has 2 saturated carbocycles. The molecule has 2 atom stereocenters. The lowest BCUT2D eigenvalue weighted by Gasteiger charge is -2.31. The Balaban J connectivity index is 1.42. The molecule has 6 heteroatoms. The van der Waals surface area contributed by atoms with E-state index in [1.165, 1.54) is 0 Å². The Labute approximate surface area is 164 Å². The molecule has 2 amide bonds. The Morgan fingerprint density at radius 1 is 1.21 bits per heavy atom. The number of rotatable bonds is 5. The van der Waals surface area contributed by atoms with E-state index in [0.29, 0.717) is 12.1 Å². The minimum atomic E-state index is -0.359. The van der Waals surface area contributed by atoms with E-state index < -0.39 is 0 Å². The quantitative estimate of drug-likeness (QED) is 0.839. The van der Waals surface area contributed by atoms with Crippen molar-refractivity contribution in [3.63, 3.8) is 0 Å². The summed E-state index contributed by atoms with van der Waals surface area (Å²) < 4.78 is 0. The summed E-state index contributed by atoms with van der Waals surface area (Å²) in [5.74, 6) is -0.449. The predicted molar refractivity (Wildman–Crippen MR) is 105 cm³/mol. The zero-order valence-corrected chi connectivity index (χ0v) is 15.8. The molecule has 0 bridgehead atoms. The fraction of sp³-hybridized carbons (Fsp3) is 0.455. The first kappa shape index (κ1) is 18.4. The van der Waals surface area contributed by atoms with Crippen LogP contribution < -0.4 is 10.6 Å². The molecule has 1 aromatic carbocycles. The molecule has 4 rings (SSSR count). The summed E-state index contributed by atoms with van der Waals surface area (Å²) in [6.07, 6.45) is 6.97. The lowest BCUT2D eigenvalue weighted by Crippen LogP contribution is -2.49. The molecule has 2 fully saturated rings. The number of pyridine rings is 1.